The largest absolute Gasteiger partial charge is 0.480 e. The van der Waals surface area contributed by atoms with E-state index in [1.165, 1.54) is 0 Å². The SMILES string of the molecule is CCCC(O)(CC(=O)N[C@@H](CCC(N)=O)C(=O)O)S(C)(=O)=O. The van der Waals surface area contributed by atoms with E-state index in [-0.39, 0.29) is 19.3 Å². The lowest BCUT2D eigenvalue weighted by molar-refractivity contribution is -0.142. The molecule has 0 aromatic heterocycles. The van der Waals surface area contributed by atoms with Crippen molar-refractivity contribution < 1.29 is 33.0 Å². The Morgan fingerprint density at radius 2 is 1.86 bits per heavy atom. The van der Waals surface area contributed by atoms with Crippen molar-refractivity contribution >= 4 is 27.6 Å². The summed E-state index contributed by atoms with van der Waals surface area (Å²) in [6, 6.07) is -1.38. The Bertz CT molecular complexity index is 532. The average molecular weight is 338 g/mol. The molecule has 0 saturated carbocycles. The lowest BCUT2D eigenvalue weighted by Crippen LogP contribution is -2.47. The second kappa shape index (κ2) is 8.08. The molecule has 0 rings (SSSR count). The van der Waals surface area contributed by atoms with E-state index >= 15 is 0 Å². The van der Waals surface area contributed by atoms with Crippen molar-refractivity contribution in [1.29, 1.82) is 0 Å². The molecule has 0 aliphatic heterocycles. The molecule has 0 heterocycles. The fourth-order valence-electron chi connectivity index (χ4n) is 1.84. The molecule has 0 fully saturated rings. The van der Waals surface area contributed by atoms with E-state index in [1.54, 1.807) is 6.92 Å². The van der Waals surface area contributed by atoms with Gasteiger partial charge in [-0.05, 0) is 12.8 Å². The summed E-state index contributed by atoms with van der Waals surface area (Å²) < 4.78 is 23.2. The zero-order valence-electron chi connectivity index (χ0n) is 12.5. The minimum absolute atomic E-state index is 0.154. The van der Waals surface area contributed by atoms with E-state index in [9.17, 15) is 27.9 Å². The Balaban J connectivity index is 4.94. The molecule has 0 radical (unpaired) electrons. The van der Waals surface area contributed by atoms with Gasteiger partial charge in [-0.3, -0.25) is 9.59 Å². The topological polar surface area (TPSA) is 164 Å². The third-order valence-corrected chi connectivity index (χ3v) is 4.81. The number of sulfone groups is 1. The van der Waals surface area contributed by atoms with Crippen LogP contribution in [0.5, 0.6) is 0 Å². The number of carboxylic acids is 1. The van der Waals surface area contributed by atoms with Crippen molar-refractivity contribution in [3.63, 3.8) is 0 Å². The first-order valence-corrected chi connectivity index (χ1v) is 8.54. The molecular weight excluding hydrogens is 316 g/mol. The summed E-state index contributed by atoms with van der Waals surface area (Å²) in [4.78, 5) is 31.2. The highest BCUT2D eigenvalue weighted by Crippen LogP contribution is 2.24. The van der Waals surface area contributed by atoms with Crippen LogP contribution in [0.3, 0.4) is 0 Å². The van der Waals surface area contributed by atoms with Crippen LogP contribution >= 0.6 is 0 Å². The monoisotopic (exact) mass is 338 g/mol. The van der Waals surface area contributed by atoms with Crippen LogP contribution in [0.1, 0.15) is 39.0 Å². The first kappa shape index (κ1) is 20.3. The number of rotatable bonds is 10. The van der Waals surface area contributed by atoms with Crippen molar-refractivity contribution in [3.05, 3.63) is 0 Å². The number of carbonyl (C=O) groups is 3. The van der Waals surface area contributed by atoms with Gasteiger partial charge in [-0.15, -0.1) is 0 Å². The molecule has 2 atom stereocenters. The molecule has 0 spiro atoms. The number of nitrogens with two attached hydrogens (primary N) is 1. The number of primary amides is 1. The minimum atomic E-state index is -3.93. The average Bonchev–Trinajstić information content (AvgIpc) is 2.32. The van der Waals surface area contributed by atoms with E-state index in [0.29, 0.717) is 6.42 Å². The Hall–Kier alpha value is -1.68. The Kier molecular flexibility index (Phi) is 7.47. The van der Waals surface area contributed by atoms with Gasteiger partial charge in [0.15, 0.2) is 14.8 Å². The number of hydrogen-bond acceptors (Lipinski definition) is 6. The summed E-state index contributed by atoms with van der Waals surface area (Å²) in [6.45, 7) is 1.64. The maximum atomic E-state index is 11.8. The maximum absolute atomic E-state index is 11.8. The molecule has 128 valence electrons. The number of carboxylic acid groups (broad SMARTS) is 1. The number of hydrogen-bond donors (Lipinski definition) is 4. The molecule has 22 heavy (non-hydrogen) atoms. The highest BCUT2D eigenvalue weighted by atomic mass is 32.2. The minimum Gasteiger partial charge on any atom is -0.480 e. The fourth-order valence-corrected chi connectivity index (χ4v) is 2.80. The molecule has 1 unspecified atom stereocenters. The van der Waals surface area contributed by atoms with E-state index in [4.69, 9.17) is 10.8 Å². The Labute approximate surface area is 128 Å². The number of nitrogens with one attached hydrogen (secondary N) is 1. The number of aliphatic carboxylic acids is 1. The van der Waals surface area contributed by atoms with Gasteiger partial charge in [-0.1, -0.05) is 13.3 Å². The molecule has 0 bridgehead atoms. The maximum Gasteiger partial charge on any atom is 0.326 e. The molecule has 10 heteroatoms. The molecule has 0 aliphatic rings. The van der Waals surface area contributed by atoms with Crippen LogP contribution in [0.2, 0.25) is 0 Å². The first-order chi connectivity index (χ1) is 9.93. The standard InChI is InChI=1S/C12H22N2O7S/c1-3-6-12(19,22(2,20)21)7-10(16)14-8(11(17)18)4-5-9(13)15/h8,19H,3-7H2,1-2H3,(H2,13,15)(H,14,16)(H,17,18)/t8-,12?/m0/s1. The third kappa shape index (κ3) is 6.39. The number of amides is 2. The van der Waals surface area contributed by atoms with Crippen molar-refractivity contribution in [2.24, 2.45) is 5.73 Å². The van der Waals surface area contributed by atoms with Gasteiger partial charge in [0.05, 0.1) is 6.42 Å². The van der Waals surface area contributed by atoms with Crippen molar-refractivity contribution in [3.8, 4) is 0 Å². The summed E-state index contributed by atoms with van der Waals surface area (Å²) in [5, 5.41) is 21.2. The third-order valence-electron chi connectivity index (χ3n) is 3.08. The van der Waals surface area contributed by atoms with Gasteiger partial charge in [0.25, 0.3) is 0 Å². The van der Waals surface area contributed by atoms with Gasteiger partial charge in [0.1, 0.15) is 6.04 Å². The quantitative estimate of drug-likeness (QED) is 0.386. The lowest BCUT2D eigenvalue weighted by atomic mass is 10.1. The first-order valence-electron chi connectivity index (χ1n) is 6.65. The summed E-state index contributed by atoms with van der Waals surface area (Å²) in [5.74, 6) is -3.04. The molecule has 0 aliphatic carbocycles. The second-order valence-electron chi connectivity index (χ2n) is 5.11. The predicted molar refractivity (Wildman–Crippen MR) is 77.3 cm³/mol. The molecule has 0 saturated heterocycles. The van der Waals surface area contributed by atoms with Gasteiger partial charge >= 0.3 is 5.97 Å². The molecule has 0 aromatic carbocycles. The van der Waals surface area contributed by atoms with Crippen LogP contribution in [0.4, 0.5) is 0 Å². The fraction of sp³-hybridized carbons (Fsp3) is 0.750. The lowest BCUT2D eigenvalue weighted by Gasteiger charge is -2.26. The Morgan fingerprint density at radius 1 is 1.32 bits per heavy atom. The molecule has 2 amide bonds. The van der Waals surface area contributed by atoms with Crippen LogP contribution < -0.4 is 11.1 Å². The van der Waals surface area contributed by atoms with E-state index < -0.39 is 45.0 Å². The second-order valence-corrected chi connectivity index (χ2v) is 7.41. The van der Waals surface area contributed by atoms with Gasteiger partial charge in [0.2, 0.25) is 11.8 Å². The highest BCUT2D eigenvalue weighted by molar-refractivity contribution is 7.91. The summed E-state index contributed by atoms with van der Waals surface area (Å²) in [7, 11) is -3.93. The molecule has 0 aromatic rings. The van der Waals surface area contributed by atoms with Gasteiger partial charge in [-0.25, -0.2) is 13.2 Å². The summed E-state index contributed by atoms with van der Waals surface area (Å²) in [5.41, 5.74) is 4.91. The number of carbonyl (C=O) groups excluding carboxylic acids is 2. The van der Waals surface area contributed by atoms with E-state index in [1.807, 2.05) is 0 Å². The van der Waals surface area contributed by atoms with Crippen LogP contribution in [0, 0.1) is 0 Å². The van der Waals surface area contributed by atoms with Crippen LogP contribution in [-0.4, -0.2) is 53.6 Å². The van der Waals surface area contributed by atoms with Crippen LogP contribution in [0.25, 0.3) is 0 Å². The zero-order chi connectivity index (χ0) is 17.6. The summed E-state index contributed by atoms with van der Waals surface area (Å²) >= 11 is 0. The number of aliphatic hydroxyl groups is 1. The van der Waals surface area contributed by atoms with Crippen molar-refractivity contribution in [2.75, 3.05) is 6.26 Å². The summed E-state index contributed by atoms with van der Waals surface area (Å²) in [6.07, 6.45) is -0.277. The zero-order valence-corrected chi connectivity index (χ0v) is 13.4. The van der Waals surface area contributed by atoms with E-state index in [0.717, 1.165) is 6.26 Å². The van der Waals surface area contributed by atoms with Crippen LogP contribution in [0.15, 0.2) is 0 Å². The molecule has 5 N–H and O–H groups in total. The van der Waals surface area contributed by atoms with Gasteiger partial charge in [0, 0.05) is 12.7 Å². The highest BCUT2D eigenvalue weighted by Gasteiger charge is 2.40. The smallest absolute Gasteiger partial charge is 0.326 e. The van der Waals surface area contributed by atoms with E-state index in [2.05, 4.69) is 5.32 Å². The molecular formula is C12H22N2O7S. The van der Waals surface area contributed by atoms with Crippen molar-refractivity contribution in [1.82, 2.24) is 5.32 Å². The predicted octanol–water partition coefficient (Wildman–Crippen LogP) is -1.26. The Morgan fingerprint density at radius 3 is 2.23 bits per heavy atom. The van der Waals surface area contributed by atoms with Crippen LogP contribution in [-0.2, 0) is 24.2 Å². The van der Waals surface area contributed by atoms with Gasteiger partial charge in [-0.2, -0.15) is 0 Å². The van der Waals surface area contributed by atoms with Crippen molar-refractivity contribution in [2.45, 2.75) is 50.0 Å². The molecule has 9 nitrogen and oxygen atoms in total. The van der Waals surface area contributed by atoms with Gasteiger partial charge < -0.3 is 21.3 Å². The normalized spacial score (nSPS) is 15.6.